The predicted octanol–water partition coefficient (Wildman–Crippen LogP) is 1.98. The highest BCUT2D eigenvalue weighted by Crippen LogP contribution is 2.25. The Morgan fingerprint density at radius 2 is 2.14 bits per heavy atom. The maximum atomic E-state index is 13.4. The molecular formula is C9H10BrF2NO. The highest BCUT2D eigenvalue weighted by atomic mass is 79.9. The number of halogens is 3. The minimum absolute atomic E-state index is 0.0163. The average Bonchev–Trinajstić information content (AvgIpc) is 2.11. The van der Waals surface area contributed by atoms with E-state index < -0.39 is 17.7 Å². The van der Waals surface area contributed by atoms with Gasteiger partial charge >= 0.3 is 0 Å². The van der Waals surface area contributed by atoms with Gasteiger partial charge in [-0.05, 0) is 35.1 Å². The fourth-order valence-electron chi connectivity index (χ4n) is 1.12. The summed E-state index contributed by atoms with van der Waals surface area (Å²) < 4.78 is 26.3. The summed E-state index contributed by atoms with van der Waals surface area (Å²) in [6, 6.07) is 2.01. The Kier molecular flexibility index (Phi) is 3.97. The summed E-state index contributed by atoms with van der Waals surface area (Å²) in [5.74, 6) is -1.21. The first-order chi connectivity index (χ1) is 6.56. The molecule has 1 aromatic rings. The molecule has 1 rings (SSSR count). The lowest BCUT2D eigenvalue weighted by Crippen LogP contribution is -2.18. The number of aliphatic hydroxyl groups is 1. The Hall–Kier alpha value is -0.520. The van der Waals surface area contributed by atoms with E-state index in [1.54, 1.807) is 7.05 Å². The van der Waals surface area contributed by atoms with E-state index in [4.69, 9.17) is 0 Å². The second-order valence-electron chi connectivity index (χ2n) is 2.86. The monoisotopic (exact) mass is 265 g/mol. The summed E-state index contributed by atoms with van der Waals surface area (Å²) in [6.07, 6.45) is -1.05. The topological polar surface area (TPSA) is 32.3 Å². The fraction of sp³-hybridized carbons (Fsp3) is 0.333. The largest absolute Gasteiger partial charge is 0.387 e. The van der Waals surface area contributed by atoms with E-state index in [-0.39, 0.29) is 16.6 Å². The van der Waals surface area contributed by atoms with Crippen LogP contribution in [0, 0.1) is 11.6 Å². The molecule has 0 aliphatic heterocycles. The van der Waals surface area contributed by atoms with Crippen LogP contribution < -0.4 is 5.32 Å². The Balaban J connectivity index is 3.07. The zero-order valence-corrected chi connectivity index (χ0v) is 9.11. The second-order valence-corrected chi connectivity index (χ2v) is 3.72. The van der Waals surface area contributed by atoms with Gasteiger partial charge in [0.2, 0.25) is 0 Å². The van der Waals surface area contributed by atoms with Crippen LogP contribution in [0.2, 0.25) is 0 Å². The molecule has 1 unspecified atom stereocenters. The molecule has 0 aromatic heterocycles. The normalized spacial score (nSPS) is 12.9. The lowest BCUT2D eigenvalue weighted by Gasteiger charge is -2.12. The number of aliphatic hydroxyl groups excluding tert-OH is 1. The smallest absolute Gasteiger partial charge is 0.143 e. The summed E-state index contributed by atoms with van der Waals surface area (Å²) in [4.78, 5) is 0. The van der Waals surface area contributed by atoms with Gasteiger partial charge in [0.1, 0.15) is 11.6 Å². The first-order valence-electron chi connectivity index (χ1n) is 4.03. The molecule has 0 aliphatic carbocycles. The van der Waals surface area contributed by atoms with Crippen molar-refractivity contribution in [3.8, 4) is 0 Å². The molecule has 78 valence electrons. The molecule has 0 aliphatic rings. The third kappa shape index (κ3) is 2.50. The van der Waals surface area contributed by atoms with E-state index in [1.165, 1.54) is 0 Å². The van der Waals surface area contributed by atoms with Gasteiger partial charge in [-0.3, -0.25) is 0 Å². The molecule has 5 heteroatoms. The summed E-state index contributed by atoms with van der Waals surface area (Å²) in [7, 11) is 1.62. The molecule has 14 heavy (non-hydrogen) atoms. The van der Waals surface area contributed by atoms with Crippen molar-refractivity contribution in [2.45, 2.75) is 6.10 Å². The van der Waals surface area contributed by atoms with Crippen molar-refractivity contribution in [2.75, 3.05) is 13.6 Å². The minimum atomic E-state index is -1.05. The van der Waals surface area contributed by atoms with Crippen LogP contribution in [-0.4, -0.2) is 18.7 Å². The summed E-state index contributed by atoms with van der Waals surface area (Å²) in [6.45, 7) is 0.173. The molecule has 1 atom stereocenters. The molecule has 0 amide bonds. The van der Waals surface area contributed by atoms with E-state index in [1.807, 2.05) is 0 Å². The summed E-state index contributed by atoms with van der Waals surface area (Å²) in [5, 5.41) is 12.1. The lowest BCUT2D eigenvalue weighted by atomic mass is 10.1. The van der Waals surface area contributed by atoms with Gasteiger partial charge in [-0.15, -0.1) is 0 Å². The third-order valence-electron chi connectivity index (χ3n) is 1.78. The van der Waals surface area contributed by atoms with E-state index in [0.717, 1.165) is 12.1 Å². The van der Waals surface area contributed by atoms with E-state index in [2.05, 4.69) is 21.2 Å². The maximum absolute atomic E-state index is 13.4. The van der Waals surface area contributed by atoms with Crippen molar-refractivity contribution in [3.05, 3.63) is 33.8 Å². The molecule has 0 bridgehead atoms. The molecule has 1 aromatic carbocycles. The van der Waals surface area contributed by atoms with Gasteiger partial charge < -0.3 is 10.4 Å². The third-order valence-corrected chi connectivity index (χ3v) is 2.35. The zero-order chi connectivity index (χ0) is 10.7. The Bertz CT molecular complexity index is 333. The van der Waals surface area contributed by atoms with Gasteiger partial charge in [0, 0.05) is 12.1 Å². The molecule has 2 nitrogen and oxygen atoms in total. The number of benzene rings is 1. The van der Waals surface area contributed by atoms with Crippen molar-refractivity contribution >= 4 is 15.9 Å². The van der Waals surface area contributed by atoms with Gasteiger partial charge in [-0.1, -0.05) is 0 Å². The quantitative estimate of drug-likeness (QED) is 0.820. The lowest BCUT2D eigenvalue weighted by molar-refractivity contribution is 0.172. The Morgan fingerprint density at radius 3 is 2.71 bits per heavy atom. The van der Waals surface area contributed by atoms with Gasteiger partial charge in [0.05, 0.1) is 10.6 Å². The first kappa shape index (κ1) is 11.6. The first-order valence-corrected chi connectivity index (χ1v) is 4.82. The van der Waals surface area contributed by atoms with Crippen LogP contribution in [0.15, 0.2) is 16.6 Å². The van der Waals surface area contributed by atoms with Crippen molar-refractivity contribution in [1.29, 1.82) is 0 Å². The standard InChI is InChI=1S/C9H10BrF2NO/c1-13-4-8(14)6-2-5(11)3-7(10)9(6)12/h2-3,8,13-14H,4H2,1H3. The maximum Gasteiger partial charge on any atom is 0.143 e. The van der Waals surface area contributed by atoms with Crippen LogP contribution >= 0.6 is 15.9 Å². The molecule has 2 N–H and O–H groups in total. The highest BCUT2D eigenvalue weighted by molar-refractivity contribution is 9.10. The Morgan fingerprint density at radius 1 is 1.50 bits per heavy atom. The van der Waals surface area contributed by atoms with E-state index >= 15 is 0 Å². The number of hydrogen-bond acceptors (Lipinski definition) is 2. The minimum Gasteiger partial charge on any atom is -0.387 e. The van der Waals surface area contributed by atoms with Gasteiger partial charge in [0.15, 0.2) is 0 Å². The van der Waals surface area contributed by atoms with Crippen molar-refractivity contribution < 1.29 is 13.9 Å². The Labute approximate surface area is 89.1 Å². The molecule has 0 spiro atoms. The van der Waals surface area contributed by atoms with Crippen molar-refractivity contribution in [2.24, 2.45) is 0 Å². The van der Waals surface area contributed by atoms with Crippen molar-refractivity contribution in [1.82, 2.24) is 5.32 Å². The predicted molar refractivity (Wildman–Crippen MR) is 52.9 cm³/mol. The summed E-state index contributed by atoms with van der Waals surface area (Å²) >= 11 is 2.87. The molecule has 0 heterocycles. The van der Waals surface area contributed by atoms with Crippen LogP contribution in [-0.2, 0) is 0 Å². The molecule has 0 radical (unpaired) electrons. The van der Waals surface area contributed by atoms with Crippen molar-refractivity contribution in [3.63, 3.8) is 0 Å². The molecule has 0 fully saturated rings. The van der Waals surface area contributed by atoms with E-state index in [0.29, 0.717) is 0 Å². The van der Waals surface area contributed by atoms with Crippen LogP contribution in [0.3, 0.4) is 0 Å². The van der Waals surface area contributed by atoms with Gasteiger partial charge in [-0.25, -0.2) is 8.78 Å². The molecular weight excluding hydrogens is 256 g/mol. The molecule has 0 saturated heterocycles. The summed E-state index contributed by atoms with van der Waals surface area (Å²) in [5.41, 5.74) is -0.0498. The van der Waals surface area contributed by atoms with Crippen LogP contribution in [0.5, 0.6) is 0 Å². The highest BCUT2D eigenvalue weighted by Gasteiger charge is 2.15. The van der Waals surface area contributed by atoms with E-state index in [9.17, 15) is 13.9 Å². The van der Waals surface area contributed by atoms with Gasteiger partial charge in [-0.2, -0.15) is 0 Å². The number of rotatable bonds is 3. The number of hydrogen-bond donors (Lipinski definition) is 2. The van der Waals surface area contributed by atoms with Crippen LogP contribution in [0.4, 0.5) is 8.78 Å². The van der Waals surface area contributed by atoms with Gasteiger partial charge in [0.25, 0.3) is 0 Å². The number of likely N-dealkylation sites (N-methyl/N-ethyl adjacent to an activating group) is 1. The molecule has 0 saturated carbocycles. The van der Waals surface area contributed by atoms with Crippen LogP contribution in [0.1, 0.15) is 11.7 Å². The zero-order valence-electron chi connectivity index (χ0n) is 7.52. The fourth-order valence-corrected chi connectivity index (χ4v) is 1.57. The number of nitrogens with one attached hydrogen (secondary N) is 1. The average molecular weight is 266 g/mol. The SMILES string of the molecule is CNCC(O)c1cc(F)cc(Br)c1F. The van der Waals surface area contributed by atoms with Crippen LogP contribution in [0.25, 0.3) is 0 Å². The second kappa shape index (κ2) is 4.82.